The van der Waals surface area contributed by atoms with E-state index in [0.717, 1.165) is 42.0 Å². The number of benzene rings is 1. The van der Waals surface area contributed by atoms with Crippen molar-refractivity contribution in [1.82, 2.24) is 0 Å². The first-order valence-electron chi connectivity index (χ1n) is 7.38. The van der Waals surface area contributed by atoms with Crippen LogP contribution in [0.15, 0.2) is 16.1 Å². The molecule has 1 atom stereocenters. The number of aromatic carboxylic acids is 1. The fourth-order valence-electron chi connectivity index (χ4n) is 3.67. The van der Waals surface area contributed by atoms with Crippen LogP contribution in [0.3, 0.4) is 0 Å². The van der Waals surface area contributed by atoms with E-state index in [1.807, 2.05) is 13.8 Å². The highest BCUT2D eigenvalue weighted by atomic mass is 79.9. The number of carboxylic acids is 1. The fourth-order valence-corrected chi connectivity index (χ4v) is 4.26. The van der Waals surface area contributed by atoms with E-state index < -0.39 is 17.4 Å². The van der Waals surface area contributed by atoms with Crippen LogP contribution in [0.5, 0.6) is 0 Å². The lowest BCUT2D eigenvalue weighted by Gasteiger charge is -2.33. The Hall–Kier alpha value is -1.20. The molecular weight excluding hydrogens is 351 g/mol. The molecule has 0 aliphatic heterocycles. The molecule has 0 saturated heterocycles. The molecule has 0 fully saturated rings. The Kier molecular flexibility index (Phi) is 3.68. The maximum absolute atomic E-state index is 14.0. The lowest BCUT2D eigenvalue weighted by molar-refractivity contribution is 0.0122. The standard InChI is InChI=1S/C17H18BrFO3/c1-17(2,22)9-3-4-10-8(5-9)6-11-12(16(20)21)7-13(19)15(18)14(10)11/h7,9,22H,3-6H2,1-2H3,(H,20,21)/t9-/m0/s1. The van der Waals surface area contributed by atoms with E-state index in [0.29, 0.717) is 16.5 Å². The van der Waals surface area contributed by atoms with Gasteiger partial charge in [0.1, 0.15) is 5.82 Å². The first kappa shape index (κ1) is 15.7. The minimum absolute atomic E-state index is 0.0462. The second kappa shape index (κ2) is 5.17. The molecule has 118 valence electrons. The van der Waals surface area contributed by atoms with Gasteiger partial charge in [0.05, 0.1) is 15.6 Å². The zero-order valence-corrected chi connectivity index (χ0v) is 14.1. The van der Waals surface area contributed by atoms with E-state index in [2.05, 4.69) is 15.9 Å². The van der Waals surface area contributed by atoms with Crippen molar-refractivity contribution in [1.29, 1.82) is 0 Å². The van der Waals surface area contributed by atoms with Crippen molar-refractivity contribution in [2.24, 2.45) is 5.92 Å². The Morgan fingerprint density at radius 3 is 2.73 bits per heavy atom. The van der Waals surface area contributed by atoms with Gasteiger partial charge in [-0.1, -0.05) is 5.57 Å². The predicted molar refractivity (Wildman–Crippen MR) is 85.3 cm³/mol. The molecule has 22 heavy (non-hydrogen) atoms. The van der Waals surface area contributed by atoms with Gasteiger partial charge in [-0.15, -0.1) is 0 Å². The second-order valence-electron chi connectivity index (χ2n) is 6.73. The molecule has 5 heteroatoms. The summed E-state index contributed by atoms with van der Waals surface area (Å²) in [4.78, 5) is 11.4. The van der Waals surface area contributed by atoms with Gasteiger partial charge in [0.2, 0.25) is 0 Å². The molecule has 2 N–H and O–H groups in total. The van der Waals surface area contributed by atoms with Gasteiger partial charge in [0.25, 0.3) is 0 Å². The van der Waals surface area contributed by atoms with E-state index in [1.54, 1.807) is 0 Å². The Balaban J connectivity index is 2.08. The van der Waals surface area contributed by atoms with Crippen LogP contribution in [-0.4, -0.2) is 21.8 Å². The number of rotatable bonds is 2. The van der Waals surface area contributed by atoms with Crippen molar-refractivity contribution in [2.75, 3.05) is 0 Å². The van der Waals surface area contributed by atoms with Gasteiger partial charge in [0.15, 0.2) is 0 Å². The average molecular weight is 369 g/mol. The number of fused-ring (bicyclic) bond motifs is 2. The van der Waals surface area contributed by atoms with E-state index in [1.165, 1.54) is 0 Å². The molecule has 0 saturated carbocycles. The predicted octanol–water partition coefficient (Wildman–Crippen LogP) is 4.17. The van der Waals surface area contributed by atoms with Crippen LogP contribution >= 0.6 is 15.9 Å². The zero-order valence-electron chi connectivity index (χ0n) is 12.5. The normalized spacial score (nSPS) is 20.9. The minimum Gasteiger partial charge on any atom is -0.478 e. The summed E-state index contributed by atoms with van der Waals surface area (Å²) in [6, 6.07) is 1.09. The third-order valence-corrected chi connectivity index (χ3v) is 5.69. The van der Waals surface area contributed by atoms with Crippen molar-refractivity contribution < 1.29 is 19.4 Å². The van der Waals surface area contributed by atoms with E-state index >= 15 is 0 Å². The average Bonchev–Trinajstić information content (AvgIpc) is 2.79. The highest BCUT2D eigenvalue weighted by Gasteiger charge is 2.37. The molecule has 1 aromatic rings. The summed E-state index contributed by atoms with van der Waals surface area (Å²) in [6.07, 6.45) is 2.85. The SMILES string of the molecule is CC(C)(O)[C@H]1CCC2=C(Cc3c(C(=O)O)cc(F)c(Br)c32)C1. The van der Waals surface area contributed by atoms with Crippen LogP contribution in [-0.2, 0) is 6.42 Å². The van der Waals surface area contributed by atoms with Crippen molar-refractivity contribution in [2.45, 2.75) is 45.1 Å². The molecule has 1 aromatic carbocycles. The van der Waals surface area contributed by atoms with Gasteiger partial charge in [-0.2, -0.15) is 0 Å². The Labute approximate surface area is 137 Å². The lowest BCUT2D eigenvalue weighted by Crippen LogP contribution is -2.32. The fraction of sp³-hybridized carbons (Fsp3) is 0.471. The van der Waals surface area contributed by atoms with Crippen LogP contribution in [0.1, 0.15) is 54.6 Å². The first-order chi connectivity index (χ1) is 10.2. The highest BCUT2D eigenvalue weighted by molar-refractivity contribution is 9.10. The van der Waals surface area contributed by atoms with E-state index in [-0.39, 0.29) is 11.5 Å². The summed E-state index contributed by atoms with van der Waals surface area (Å²) < 4.78 is 14.4. The van der Waals surface area contributed by atoms with Crippen LogP contribution in [0.2, 0.25) is 0 Å². The number of carbonyl (C=O) groups is 1. The topological polar surface area (TPSA) is 57.5 Å². The number of aliphatic hydroxyl groups is 1. The molecule has 0 unspecified atom stereocenters. The third-order valence-electron chi connectivity index (χ3n) is 4.91. The summed E-state index contributed by atoms with van der Waals surface area (Å²) in [7, 11) is 0. The van der Waals surface area contributed by atoms with Crippen LogP contribution in [0.25, 0.3) is 5.57 Å². The van der Waals surface area contributed by atoms with Gasteiger partial charge in [-0.05, 0) is 84.1 Å². The quantitative estimate of drug-likeness (QED) is 0.823. The Bertz CT molecular complexity index is 701. The molecule has 3 nitrogen and oxygen atoms in total. The van der Waals surface area contributed by atoms with Gasteiger partial charge in [0, 0.05) is 0 Å². The second-order valence-corrected chi connectivity index (χ2v) is 7.52. The lowest BCUT2D eigenvalue weighted by atomic mass is 9.76. The molecule has 0 heterocycles. The highest BCUT2D eigenvalue weighted by Crippen LogP contribution is 2.49. The summed E-state index contributed by atoms with van der Waals surface area (Å²) in [5.41, 5.74) is 2.91. The van der Waals surface area contributed by atoms with Gasteiger partial charge >= 0.3 is 5.97 Å². The number of carboxylic acid groups (broad SMARTS) is 1. The zero-order chi connectivity index (χ0) is 16.2. The van der Waals surface area contributed by atoms with Crippen molar-refractivity contribution in [3.63, 3.8) is 0 Å². The third kappa shape index (κ3) is 2.40. The van der Waals surface area contributed by atoms with Crippen molar-refractivity contribution in [3.8, 4) is 0 Å². The van der Waals surface area contributed by atoms with Crippen LogP contribution < -0.4 is 0 Å². The molecule has 0 aromatic heterocycles. The number of hydrogen-bond donors (Lipinski definition) is 2. The van der Waals surface area contributed by atoms with Gasteiger partial charge in [-0.25, -0.2) is 9.18 Å². The number of hydrogen-bond acceptors (Lipinski definition) is 2. The first-order valence-corrected chi connectivity index (χ1v) is 8.17. The number of allylic oxidation sites excluding steroid dienone is 2. The van der Waals surface area contributed by atoms with E-state index in [4.69, 9.17) is 0 Å². The summed E-state index contributed by atoms with van der Waals surface area (Å²) in [6.45, 7) is 3.62. The maximum atomic E-state index is 14.0. The summed E-state index contributed by atoms with van der Waals surface area (Å²) in [5.74, 6) is -1.48. The Morgan fingerprint density at radius 2 is 2.14 bits per heavy atom. The maximum Gasteiger partial charge on any atom is 0.336 e. The molecule has 0 radical (unpaired) electrons. The van der Waals surface area contributed by atoms with Crippen LogP contribution in [0, 0.1) is 11.7 Å². The molecule has 0 bridgehead atoms. The van der Waals surface area contributed by atoms with Crippen LogP contribution in [0.4, 0.5) is 4.39 Å². The molecule has 2 aliphatic rings. The molecular formula is C17H18BrFO3. The van der Waals surface area contributed by atoms with Gasteiger partial charge in [-0.3, -0.25) is 0 Å². The van der Waals surface area contributed by atoms with Crippen molar-refractivity contribution >= 4 is 27.5 Å². The smallest absolute Gasteiger partial charge is 0.336 e. The minimum atomic E-state index is -1.10. The van der Waals surface area contributed by atoms with Gasteiger partial charge < -0.3 is 10.2 Å². The Morgan fingerprint density at radius 1 is 1.45 bits per heavy atom. The molecule has 2 aliphatic carbocycles. The monoisotopic (exact) mass is 368 g/mol. The summed E-state index contributed by atoms with van der Waals surface area (Å²) >= 11 is 3.28. The molecule has 0 amide bonds. The number of halogens is 2. The van der Waals surface area contributed by atoms with Crippen molar-refractivity contribution in [3.05, 3.63) is 38.6 Å². The molecule has 0 spiro atoms. The molecule has 3 rings (SSSR count). The summed E-state index contributed by atoms with van der Waals surface area (Å²) in [5, 5.41) is 19.6. The largest absolute Gasteiger partial charge is 0.478 e. The van der Waals surface area contributed by atoms with E-state index in [9.17, 15) is 19.4 Å².